The highest BCUT2D eigenvalue weighted by Gasteiger charge is 2.35. The lowest BCUT2D eigenvalue weighted by Crippen LogP contribution is -2.41. The van der Waals surface area contributed by atoms with Gasteiger partial charge in [-0.15, -0.1) is 0 Å². The van der Waals surface area contributed by atoms with Crippen LogP contribution >= 0.6 is 0 Å². The van der Waals surface area contributed by atoms with E-state index in [-0.39, 0.29) is 23.2 Å². The van der Waals surface area contributed by atoms with Gasteiger partial charge in [-0.2, -0.15) is 0 Å². The number of hydrogen-bond acceptors (Lipinski definition) is 2. The van der Waals surface area contributed by atoms with Crippen molar-refractivity contribution in [2.45, 2.75) is 45.4 Å². The van der Waals surface area contributed by atoms with Gasteiger partial charge in [0, 0.05) is 19.1 Å². The summed E-state index contributed by atoms with van der Waals surface area (Å²) in [5, 5.41) is 3.21. The lowest BCUT2D eigenvalue weighted by atomic mass is 9.85. The van der Waals surface area contributed by atoms with E-state index in [4.69, 9.17) is 4.74 Å². The molecule has 1 amide bonds. The second-order valence-corrected chi connectivity index (χ2v) is 6.99. The van der Waals surface area contributed by atoms with Crippen LogP contribution in [0.1, 0.15) is 51.0 Å². The third-order valence-corrected chi connectivity index (χ3v) is 4.86. The molecular weight excluding hydrogens is 274 g/mol. The van der Waals surface area contributed by atoms with E-state index in [1.807, 2.05) is 30.3 Å². The van der Waals surface area contributed by atoms with E-state index >= 15 is 0 Å². The Bertz CT molecular complexity index is 464. The van der Waals surface area contributed by atoms with Gasteiger partial charge in [0.2, 0.25) is 5.91 Å². The van der Waals surface area contributed by atoms with Gasteiger partial charge < -0.3 is 10.1 Å². The monoisotopic (exact) mass is 303 g/mol. The highest BCUT2D eigenvalue weighted by molar-refractivity contribution is 5.83. The number of amides is 1. The van der Waals surface area contributed by atoms with Crippen molar-refractivity contribution in [3.63, 3.8) is 0 Å². The number of methoxy groups -OCH3 is 1. The lowest BCUT2D eigenvalue weighted by Gasteiger charge is -2.30. The number of rotatable bonds is 7. The van der Waals surface area contributed by atoms with E-state index in [1.54, 1.807) is 7.11 Å². The molecule has 22 heavy (non-hydrogen) atoms. The molecule has 0 radical (unpaired) electrons. The number of carbonyl (C=O) groups excluding carboxylic acids is 1. The lowest BCUT2D eigenvalue weighted by molar-refractivity contribution is -0.124. The Hall–Kier alpha value is -1.35. The molecule has 2 rings (SSSR count). The van der Waals surface area contributed by atoms with Crippen molar-refractivity contribution in [2.75, 3.05) is 20.3 Å². The molecule has 0 saturated heterocycles. The molecular formula is C19H29NO2. The normalized spacial score (nSPS) is 18.4. The third kappa shape index (κ3) is 4.10. The minimum absolute atomic E-state index is 0.0813. The molecule has 0 aliphatic heterocycles. The molecule has 1 N–H and O–H groups in total. The minimum atomic E-state index is -0.0813. The molecule has 0 spiro atoms. The summed E-state index contributed by atoms with van der Waals surface area (Å²) < 4.78 is 5.40. The van der Waals surface area contributed by atoms with Crippen molar-refractivity contribution in [1.29, 1.82) is 0 Å². The number of ether oxygens (including phenoxy) is 1. The number of carbonyl (C=O) groups is 1. The number of nitrogens with one attached hydrogen (secondary N) is 1. The predicted molar refractivity (Wildman–Crippen MR) is 89.8 cm³/mol. The van der Waals surface area contributed by atoms with Gasteiger partial charge in [0.15, 0.2) is 0 Å². The Balaban J connectivity index is 2.02. The fraction of sp³-hybridized carbons (Fsp3) is 0.632. The maximum atomic E-state index is 12.7. The summed E-state index contributed by atoms with van der Waals surface area (Å²) in [7, 11) is 1.75. The first kappa shape index (κ1) is 17.0. The molecule has 1 aromatic rings. The Morgan fingerprint density at radius 3 is 2.41 bits per heavy atom. The molecule has 1 saturated carbocycles. The van der Waals surface area contributed by atoms with Gasteiger partial charge in [0.1, 0.15) is 0 Å². The molecule has 1 aliphatic rings. The SMILES string of the molecule is COCC1(CNC(=O)C(c2ccccc2)C(C)C)CCCC1. The summed E-state index contributed by atoms with van der Waals surface area (Å²) in [5.74, 6) is 0.343. The standard InChI is InChI=1S/C19H29NO2/c1-15(2)17(16-9-5-4-6-10-16)18(21)20-13-19(14-22-3)11-7-8-12-19/h4-6,9-10,15,17H,7-8,11-14H2,1-3H3,(H,20,21). The van der Waals surface area contributed by atoms with Crippen molar-refractivity contribution in [2.24, 2.45) is 11.3 Å². The van der Waals surface area contributed by atoms with Gasteiger partial charge in [0.25, 0.3) is 0 Å². The highest BCUT2D eigenvalue weighted by Crippen LogP contribution is 2.38. The molecule has 1 unspecified atom stereocenters. The van der Waals surface area contributed by atoms with Crippen molar-refractivity contribution in [3.8, 4) is 0 Å². The zero-order chi connectivity index (χ0) is 16.0. The minimum Gasteiger partial charge on any atom is -0.384 e. The van der Waals surface area contributed by atoms with Crippen LogP contribution in [0.2, 0.25) is 0 Å². The molecule has 0 heterocycles. The van der Waals surface area contributed by atoms with E-state index in [9.17, 15) is 4.79 Å². The number of benzene rings is 1. The maximum absolute atomic E-state index is 12.7. The molecule has 0 aromatic heterocycles. The summed E-state index contributed by atoms with van der Waals surface area (Å²) >= 11 is 0. The van der Waals surface area contributed by atoms with Crippen LogP contribution in [0, 0.1) is 11.3 Å². The first-order valence-electron chi connectivity index (χ1n) is 8.39. The quantitative estimate of drug-likeness (QED) is 0.833. The van der Waals surface area contributed by atoms with E-state index in [0.717, 1.165) is 31.6 Å². The van der Waals surface area contributed by atoms with Crippen LogP contribution in [-0.4, -0.2) is 26.2 Å². The van der Waals surface area contributed by atoms with Gasteiger partial charge >= 0.3 is 0 Å². The average molecular weight is 303 g/mol. The van der Waals surface area contributed by atoms with E-state index < -0.39 is 0 Å². The molecule has 1 fully saturated rings. The molecule has 1 atom stereocenters. The average Bonchev–Trinajstić information content (AvgIpc) is 2.95. The van der Waals surface area contributed by atoms with E-state index in [2.05, 4.69) is 19.2 Å². The summed E-state index contributed by atoms with van der Waals surface area (Å²) in [6, 6.07) is 10.1. The molecule has 1 aromatic carbocycles. The van der Waals surface area contributed by atoms with Gasteiger partial charge in [-0.1, -0.05) is 57.0 Å². The Labute approximate surface area is 134 Å². The zero-order valence-corrected chi connectivity index (χ0v) is 14.1. The zero-order valence-electron chi connectivity index (χ0n) is 14.1. The number of hydrogen-bond donors (Lipinski definition) is 1. The Kier molecular flexibility index (Phi) is 6.01. The van der Waals surface area contributed by atoms with Gasteiger partial charge in [-0.25, -0.2) is 0 Å². The second kappa shape index (κ2) is 7.77. The largest absolute Gasteiger partial charge is 0.384 e. The summed E-state index contributed by atoms with van der Waals surface area (Å²) in [6.45, 7) is 5.69. The maximum Gasteiger partial charge on any atom is 0.227 e. The molecule has 1 aliphatic carbocycles. The topological polar surface area (TPSA) is 38.3 Å². The van der Waals surface area contributed by atoms with Crippen LogP contribution in [0.25, 0.3) is 0 Å². The van der Waals surface area contributed by atoms with Gasteiger partial charge in [-0.05, 0) is 24.3 Å². The fourth-order valence-electron chi connectivity index (χ4n) is 3.69. The van der Waals surface area contributed by atoms with Crippen molar-refractivity contribution in [1.82, 2.24) is 5.32 Å². The first-order valence-corrected chi connectivity index (χ1v) is 8.39. The Morgan fingerprint density at radius 2 is 1.86 bits per heavy atom. The summed E-state index contributed by atoms with van der Waals surface area (Å²) in [6.07, 6.45) is 4.79. The molecule has 122 valence electrons. The van der Waals surface area contributed by atoms with Crippen LogP contribution in [0.4, 0.5) is 0 Å². The van der Waals surface area contributed by atoms with E-state index in [1.165, 1.54) is 12.8 Å². The van der Waals surface area contributed by atoms with Crippen LogP contribution < -0.4 is 5.32 Å². The van der Waals surface area contributed by atoms with E-state index in [0.29, 0.717) is 0 Å². The third-order valence-electron chi connectivity index (χ3n) is 4.86. The fourth-order valence-corrected chi connectivity index (χ4v) is 3.69. The second-order valence-electron chi connectivity index (χ2n) is 6.99. The summed E-state index contributed by atoms with van der Waals surface area (Å²) in [4.78, 5) is 12.7. The predicted octanol–water partition coefficient (Wildman–Crippen LogP) is 3.75. The Morgan fingerprint density at radius 1 is 1.23 bits per heavy atom. The van der Waals surface area contributed by atoms with Crippen LogP contribution in [0.3, 0.4) is 0 Å². The van der Waals surface area contributed by atoms with Crippen molar-refractivity contribution < 1.29 is 9.53 Å². The van der Waals surface area contributed by atoms with Crippen LogP contribution in [0.15, 0.2) is 30.3 Å². The molecule has 3 nitrogen and oxygen atoms in total. The molecule has 3 heteroatoms. The van der Waals surface area contributed by atoms with Gasteiger partial charge in [-0.3, -0.25) is 4.79 Å². The van der Waals surface area contributed by atoms with Crippen LogP contribution in [0.5, 0.6) is 0 Å². The first-order chi connectivity index (χ1) is 10.6. The van der Waals surface area contributed by atoms with Crippen LogP contribution in [-0.2, 0) is 9.53 Å². The van der Waals surface area contributed by atoms with Gasteiger partial charge in [0.05, 0.1) is 12.5 Å². The highest BCUT2D eigenvalue weighted by atomic mass is 16.5. The molecule has 0 bridgehead atoms. The van der Waals surface area contributed by atoms with Crippen molar-refractivity contribution >= 4 is 5.91 Å². The smallest absolute Gasteiger partial charge is 0.227 e. The van der Waals surface area contributed by atoms with Crippen molar-refractivity contribution in [3.05, 3.63) is 35.9 Å². The summed E-state index contributed by atoms with van der Waals surface area (Å²) in [5.41, 5.74) is 1.24.